The van der Waals surface area contributed by atoms with Crippen LogP contribution in [0.3, 0.4) is 0 Å². The van der Waals surface area contributed by atoms with Gasteiger partial charge in [-0.3, -0.25) is 4.79 Å². The number of halogens is 1. The van der Waals surface area contributed by atoms with E-state index in [9.17, 15) is 9.18 Å². The number of anilines is 2. The molecule has 1 aliphatic rings. The summed E-state index contributed by atoms with van der Waals surface area (Å²) in [6.45, 7) is 9.65. The van der Waals surface area contributed by atoms with Crippen molar-refractivity contribution in [2.45, 2.75) is 52.0 Å². The minimum absolute atomic E-state index is 0.0143. The molecule has 1 N–H and O–H groups in total. The standard InChI is InChI=1S/C25H33FN4O/c1-7-11-30-23-14-22(26)19(13-21(23)17(2)15-25(30,3)4)16-27-28-24(31)18-9-8-10-20(12-18)29(5)6/h8-10,12-14,16-17H,7,11,15H2,1-6H3,(H,28,31)/b27-16-. The molecule has 2 aromatic carbocycles. The predicted molar refractivity (Wildman–Crippen MR) is 127 cm³/mol. The van der Waals surface area contributed by atoms with Gasteiger partial charge in [0.2, 0.25) is 0 Å². The van der Waals surface area contributed by atoms with Gasteiger partial charge in [0.15, 0.2) is 0 Å². The number of hydrazone groups is 1. The molecule has 1 amide bonds. The highest BCUT2D eigenvalue weighted by Crippen LogP contribution is 2.44. The lowest BCUT2D eigenvalue weighted by Gasteiger charge is -2.47. The molecule has 0 bridgehead atoms. The third-order valence-corrected chi connectivity index (χ3v) is 5.95. The average Bonchev–Trinajstić information content (AvgIpc) is 2.71. The molecule has 1 atom stereocenters. The van der Waals surface area contributed by atoms with Gasteiger partial charge in [0, 0.05) is 48.7 Å². The Kier molecular flexibility index (Phi) is 6.68. The number of nitrogens with one attached hydrogen (secondary N) is 1. The van der Waals surface area contributed by atoms with Crippen molar-refractivity contribution < 1.29 is 9.18 Å². The fraction of sp³-hybridized carbons (Fsp3) is 0.440. The van der Waals surface area contributed by atoms with Crippen molar-refractivity contribution in [1.29, 1.82) is 0 Å². The summed E-state index contributed by atoms with van der Waals surface area (Å²) in [6.07, 6.45) is 3.39. The van der Waals surface area contributed by atoms with Crippen molar-refractivity contribution in [3.63, 3.8) is 0 Å². The first kappa shape index (κ1) is 22.8. The van der Waals surface area contributed by atoms with Gasteiger partial charge in [0.1, 0.15) is 5.82 Å². The summed E-state index contributed by atoms with van der Waals surface area (Å²) in [4.78, 5) is 16.7. The number of fused-ring (bicyclic) bond motifs is 1. The summed E-state index contributed by atoms with van der Waals surface area (Å²) in [7, 11) is 3.83. The lowest BCUT2D eigenvalue weighted by atomic mass is 9.79. The Bertz CT molecular complexity index is 983. The van der Waals surface area contributed by atoms with E-state index in [1.807, 2.05) is 37.2 Å². The largest absolute Gasteiger partial charge is 0.378 e. The molecule has 1 heterocycles. The van der Waals surface area contributed by atoms with Crippen LogP contribution >= 0.6 is 0 Å². The molecule has 0 spiro atoms. The number of benzene rings is 2. The van der Waals surface area contributed by atoms with E-state index in [1.165, 1.54) is 6.21 Å². The van der Waals surface area contributed by atoms with Crippen LogP contribution in [0.4, 0.5) is 15.8 Å². The summed E-state index contributed by atoms with van der Waals surface area (Å²) in [5, 5.41) is 4.02. The Hall–Kier alpha value is -2.89. The number of amides is 1. The van der Waals surface area contributed by atoms with Gasteiger partial charge in [0.25, 0.3) is 5.91 Å². The normalized spacial score (nSPS) is 17.5. The van der Waals surface area contributed by atoms with Gasteiger partial charge >= 0.3 is 0 Å². The molecule has 5 nitrogen and oxygen atoms in total. The fourth-order valence-electron chi connectivity index (χ4n) is 4.42. The summed E-state index contributed by atoms with van der Waals surface area (Å²) in [6, 6.07) is 10.7. The average molecular weight is 425 g/mol. The van der Waals surface area contributed by atoms with Crippen LogP contribution in [0.1, 0.15) is 67.9 Å². The third kappa shape index (κ3) is 4.89. The molecule has 0 saturated heterocycles. The lowest BCUT2D eigenvalue weighted by molar-refractivity contribution is 0.0955. The topological polar surface area (TPSA) is 47.9 Å². The van der Waals surface area contributed by atoms with Crippen LogP contribution in [0.15, 0.2) is 41.5 Å². The maximum Gasteiger partial charge on any atom is 0.271 e. The number of carbonyl (C=O) groups excluding carboxylic acids is 1. The molecule has 166 valence electrons. The van der Waals surface area contributed by atoms with Gasteiger partial charge < -0.3 is 9.80 Å². The molecule has 0 radical (unpaired) electrons. The Morgan fingerprint density at radius 2 is 2.06 bits per heavy atom. The van der Waals surface area contributed by atoms with Crippen LogP contribution < -0.4 is 15.2 Å². The monoisotopic (exact) mass is 424 g/mol. The maximum atomic E-state index is 14.9. The Balaban J connectivity index is 1.82. The van der Waals surface area contributed by atoms with Crippen molar-refractivity contribution in [2.75, 3.05) is 30.4 Å². The van der Waals surface area contributed by atoms with Crippen LogP contribution in [0.5, 0.6) is 0 Å². The molecule has 0 fully saturated rings. The minimum atomic E-state index is -0.336. The maximum absolute atomic E-state index is 14.9. The van der Waals surface area contributed by atoms with Crippen LogP contribution in [0.25, 0.3) is 0 Å². The van der Waals surface area contributed by atoms with Gasteiger partial charge in [0.05, 0.1) is 6.21 Å². The van der Waals surface area contributed by atoms with E-state index < -0.39 is 0 Å². The van der Waals surface area contributed by atoms with Crippen molar-refractivity contribution in [2.24, 2.45) is 5.10 Å². The molecule has 31 heavy (non-hydrogen) atoms. The first-order valence-corrected chi connectivity index (χ1v) is 10.9. The number of hydrogen-bond acceptors (Lipinski definition) is 4. The number of hydrogen-bond donors (Lipinski definition) is 1. The van der Waals surface area contributed by atoms with E-state index in [-0.39, 0.29) is 17.3 Å². The molecule has 0 aromatic heterocycles. The number of carbonyl (C=O) groups is 1. The van der Waals surface area contributed by atoms with Crippen LogP contribution in [0, 0.1) is 5.82 Å². The second-order valence-corrected chi connectivity index (χ2v) is 9.15. The summed E-state index contributed by atoms with van der Waals surface area (Å²) < 4.78 is 14.9. The first-order valence-electron chi connectivity index (χ1n) is 10.9. The highest BCUT2D eigenvalue weighted by Gasteiger charge is 2.36. The quantitative estimate of drug-likeness (QED) is 0.515. The number of rotatable bonds is 6. The van der Waals surface area contributed by atoms with Crippen LogP contribution in [-0.4, -0.2) is 38.3 Å². The zero-order valence-corrected chi connectivity index (χ0v) is 19.4. The first-order chi connectivity index (χ1) is 14.6. The molecule has 0 saturated carbocycles. The van der Waals surface area contributed by atoms with Gasteiger partial charge in [-0.1, -0.05) is 19.9 Å². The summed E-state index contributed by atoms with van der Waals surface area (Å²) in [5.41, 5.74) is 6.38. The van der Waals surface area contributed by atoms with Gasteiger partial charge in [-0.2, -0.15) is 5.10 Å². The van der Waals surface area contributed by atoms with Crippen molar-refractivity contribution in [1.82, 2.24) is 5.43 Å². The second kappa shape index (κ2) is 9.08. The summed E-state index contributed by atoms with van der Waals surface area (Å²) in [5.74, 6) is -0.353. The molecule has 3 rings (SSSR count). The zero-order chi connectivity index (χ0) is 22.8. The molecule has 0 aliphatic carbocycles. The van der Waals surface area contributed by atoms with E-state index in [2.05, 4.69) is 43.1 Å². The fourth-order valence-corrected chi connectivity index (χ4v) is 4.42. The Morgan fingerprint density at radius 3 is 2.74 bits per heavy atom. The molecular weight excluding hydrogens is 391 g/mol. The number of nitrogens with zero attached hydrogens (tertiary/aromatic N) is 3. The predicted octanol–water partition coefficient (Wildman–Crippen LogP) is 5.16. The van der Waals surface area contributed by atoms with E-state index in [1.54, 1.807) is 18.2 Å². The Labute approximate surface area is 184 Å². The van der Waals surface area contributed by atoms with Crippen molar-refractivity contribution in [3.8, 4) is 0 Å². The third-order valence-electron chi connectivity index (χ3n) is 5.95. The highest BCUT2D eigenvalue weighted by molar-refractivity contribution is 5.95. The second-order valence-electron chi connectivity index (χ2n) is 9.15. The molecular formula is C25H33FN4O. The molecule has 1 aliphatic heterocycles. The molecule has 6 heteroatoms. The SMILES string of the molecule is CCCN1c2cc(F)c(/C=N\NC(=O)c3cccc(N(C)C)c3)cc2C(C)CC1(C)C. The van der Waals surface area contributed by atoms with Gasteiger partial charge in [-0.05, 0) is 68.5 Å². The van der Waals surface area contributed by atoms with Crippen molar-refractivity contribution >= 4 is 23.5 Å². The van der Waals surface area contributed by atoms with E-state index >= 15 is 0 Å². The van der Waals surface area contributed by atoms with Crippen molar-refractivity contribution in [3.05, 3.63) is 58.9 Å². The van der Waals surface area contributed by atoms with E-state index in [4.69, 9.17) is 0 Å². The van der Waals surface area contributed by atoms with Crippen LogP contribution in [0.2, 0.25) is 0 Å². The lowest BCUT2D eigenvalue weighted by Crippen LogP contribution is -2.48. The summed E-state index contributed by atoms with van der Waals surface area (Å²) >= 11 is 0. The Morgan fingerprint density at radius 1 is 1.32 bits per heavy atom. The van der Waals surface area contributed by atoms with Gasteiger partial charge in [-0.25, -0.2) is 9.82 Å². The zero-order valence-electron chi connectivity index (χ0n) is 19.4. The molecule has 2 aromatic rings. The molecule has 1 unspecified atom stereocenters. The van der Waals surface area contributed by atoms with E-state index in [0.717, 1.165) is 36.3 Å². The minimum Gasteiger partial charge on any atom is -0.378 e. The van der Waals surface area contributed by atoms with Gasteiger partial charge in [-0.15, -0.1) is 0 Å². The smallest absolute Gasteiger partial charge is 0.271 e. The van der Waals surface area contributed by atoms with E-state index in [0.29, 0.717) is 17.0 Å². The van der Waals surface area contributed by atoms with Crippen LogP contribution in [-0.2, 0) is 0 Å². The highest BCUT2D eigenvalue weighted by atomic mass is 19.1.